The van der Waals surface area contributed by atoms with E-state index in [1.165, 1.54) is 23.8 Å². The Labute approximate surface area is 227 Å². The molecule has 1 aromatic heterocycles. The van der Waals surface area contributed by atoms with Gasteiger partial charge in [-0.05, 0) is 77.4 Å². The lowest BCUT2D eigenvalue weighted by Gasteiger charge is -2.44. The van der Waals surface area contributed by atoms with Gasteiger partial charge in [0.25, 0.3) is 0 Å². The average Bonchev–Trinajstić information content (AvgIpc) is 3.33. The minimum absolute atomic E-state index is 0.0538. The van der Waals surface area contributed by atoms with Gasteiger partial charge >= 0.3 is 5.97 Å². The Morgan fingerprint density at radius 1 is 1.05 bits per heavy atom. The second kappa shape index (κ2) is 10.5. The topological polar surface area (TPSA) is 58.4 Å². The fraction of sp³-hybridized carbons (Fsp3) is 0.250. The Morgan fingerprint density at radius 2 is 1.74 bits per heavy atom. The molecule has 0 radical (unpaired) electrons. The van der Waals surface area contributed by atoms with Gasteiger partial charge in [0.1, 0.15) is 11.6 Å². The number of anilines is 1. The van der Waals surface area contributed by atoms with E-state index in [0.29, 0.717) is 12.3 Å². The van der Waals surface area contributed by atoms with Crippen LogP contribution in [0, 0.1) is 11.6 Å². The van der Waals surface area contributed by atoms with Crippen LogP contribution in [-0.2, 0) is 18.3 Å². The van der Waals surface area contributed by atoms with Crippen LogP contribution in [0.3, 0.4) is 0 Å². The fourth-order valence-corrected chi connectivity index (χ4v) is 5.48. The van der Waals surface area contributed by atoms with Crippen molar-refractivity contribution < 1.29 is 18.7 Å². The molecule has 5 nitrogen and oxygen atoms in total. The van der Waals surface area contributed by atoms with Crippen LogP contribution in [0.2, 0.25) is 0 Å². The van der Waals surface area contributed by atoms with Gasteiger partial charge in [0.05, 0.1) is 17.8 Å². The third-order valence-corrected chi connectivity index (χ3v) is 7.40. The van der Waals surface area contributed by atoms with Crippen molar-refractivity contribution in [1.29, 1.82) is 0 Å². The molecule has 39 heavy (non-hydrogen) atoms. The van der Waals surface area contributed by atoms with Crippen molar-refractivity contribution in [3.05, 3.63) is 113 Å². The monoisotopic (exact) mass is 527 g/mol. The lowest BCUT2D eigenvalue weighted by molar-refractivity contribution is -0.131. The average molecular weight is 528 g/mol. The molecule has 0 aliphatic carbocycles. The van der Waals surface area contributed by atoms with Gasteiger partial charge in [0, 0.05) is 36.6 Å². The predicted molar refractivity (Wildman–Crippen MR) is 150 cm³/mol. The predicted octanol–water partition coefficient (Wildman–Crippen LogP) is 7.13. The SMILES string of the molecule is CC(C)c1ccc(N2C(c3c(F)cc(/C=C/C(=O)O)cc3F)c3ccc(-c4cnn(C)c4)cc3C[C@H]2C)cc1. The second-order valence-corrected chi connectivity index (χ2v) is 10.5. The Kier molecular flexibility index (Phi) is 7.08. The summed E-state index contributed by atoms with van der Waals surface area (Å²) in [6.45, 7) is 6.33. The quantitative estimate of drug-likeness (QED) is 0.271. The number of carboxylic acids is 1. The van der Waals surface area contributed by atoms with Gasteiger partial charge < -0.3 is 10.0 Å². The summed E-state index contributed by atoms with van der Waals surface area (Å²) in [4.78, 5) is 13.0. The van der Waals surface area contributed by atoms with E-state index >= 15 is 8.78 Å². The van der Waals surface area contributed by atoms with E-state index in [9.17, 15) is 4.79 Å². The Bertz CT molecular complexity index is 1530. The summed E-state index contributed by atoms with van der Waals surface area (Å²) in [5, 5.41) is 13.2. The van der Waals surface area contributed by atoms with Crippen molar-refractivity contribution in [3.8, 4) is 11.1 Å². The van der Waals surface area contributed by atoms with Crippen LogP contribution in [-0.4, -0.2) is 26.9 Å². The number of carboxylic acid groups (broad SMARTS) is 1. The van der Waals surface area contributed by atoms with Gasteiger partial charge in [0.2, 0.25) is 0 Å². The summed E-state index contributed by atoms with van der Waals surface area (Å²) in [5.74, 6) is -2.26. The summed E-state index contributed by atoms with van der Waals surface area (Å²) in [6.07, 6.45) is 6.51. The van der Waals surface area contributed by atoms with E-state index in [0.717, 1.165) is 34.0 Å². The zero-order chi connectivity index (χ0) is 27.8. The maximum Gasteiger partial charge on any atom is 0.328 e. The zero-order valence-corrected chi connectivity index (χ0v) is 22.4. The van der Waals surface area contributed by atoms with E-state index in [1.807, 2.05) is 37.5 Å². The van der Waals surface area contributed by atoms with Crippen LogP contribution in [0.1, 0.15) is 60.5 Å². The van der Waals surface area contributed by atoms with Crippen molar-refractivity contribution >= 4 is 17.7 Å². The highest BCUT2D eigenvalue weighted by Crippen LogP contribution is 2.44. The number of aliphatic carboxylic acids is 1. The molecule has 4 aromatic rings. The summed E-state index contributed by atoms with van der Waals surface area (Å²) in [5.41, 5.74) is 6.00. The van der Waals surface area contributed by atoms with Crippen molar-refractivity contribution in [2.75, 3.05) is 4.90 Å². The van der Waals surface area contributed by atoms with Crippen LogP contribution in [0.4, 0.5) is 14.5 Å². The number of halogens is 2. The van der Waals surface area contributed by atoms with Gasteiger partial charge in [-0.15, -0.1) is 0 Å². The second-order valence-electron chi connectivity index (χ2n) is 10.5. The standard InChI is InChI=1S/C32H31F2N3O2/c1-19(2)22-6-9-26(10-7-22)37-20(3)13-24-16-23(25-17-35-36(4)18-25)8-11-27(24)32(37)31-28(33)14-21(15-29(31)34)5-12-30(38)39/h5-12,14-20,32H,13H2,1-4H3,(H,38,39)/b12-5+/t20-,32?/m1/s1. The highest BCUT2D eigenvalue weighted by atomic mass is 19.1. The zero-order valence-electron chi connectivity index (χ0n) is 22.4. The Balaban J connectivity index is 1.67. The van der Waals surface area contributed by atoms with Crippen molar-refractivity contribution in [3.63, 3.8) is 0 Å². The molecule has 3 aromatic carbocycles. The first-order valence-corrected chi connectivity index (χ1v) is 13.0. The summed E-state index contributed by atoms with van der Waals surface area (Å²) in [7, 11) is 1.86. The molecule has 1 aliphatic heterocycles. The van der Waals surface area contributed by atoms with E-state index in [-0.39, 0.29) is 17.2 Å². The minimum atomic E-state index is -1.18. The maximum atomic E-state index is 15.8. The molecular formula is C32H31F2N3O2. The number of aryl methyl sites for hydroxylation is 1. The molecule has 0 amide bonds. The van der Waals surface area contributed by atoms with Crippen LogP contribution < -0.4 is 4.90 Å². The fourth-order valence-electron chi connectivity index (χ4n) is 5.48. The van der Waals surface area contributed by atoms with Gasteiger partial charge in [-0.25, -0.2) is 13.6 Å². The van der Waals surface area contributed by atoms with E-state index in [1.54, 1.807) is 10.9 Å². The normalized spacial score (nSPS) is 17.2. The van der Waals surface area contributed by atoms with Gasteiger partial charge in [-0.3, -0.25) is 4.68 Å². The number of benzene rings is 3. The third kappa shape index (κ3) is 5.21. The first-order valence-electron chi connectivity index (χ1n) is 13.0. The summed E-state index contributed by atoms with van der Waals surface area (Å²) < 4.78 is 33.3. The molecule has 0 saturated heterocycles. The van der Waals surface area contributed by atoms with Crippen molar-refractivity contribution in [1.82, 2.24) is 9.78 Å². The first-order chi connectivity index (χ1) is 18.6. The minimum Gasteiger partial charge on any atom is -0.478 e. The van der Waals surface area contributed by atoms with Crippen molar-refractivity contribution in [2.24, 2.45) is 7.05 Å². The molecule has 5 rings (SSSR count). The molecule has 0 bridgehead atoms. The molecule has 7 heteroatoms. The molecule has 2 heterocycles. The van der Waals surface area contributed by atoms with E-state index in [4.69, 9.17) is 5.11 Å². The summed E-state index contributed by atoms with van der Waals surface area (Å²) >= 11 is 0. The number of hydrogen-bond acceptors (Lipinski definition) is 3. The van der Waals surface area contributed by atoms with Gasteiger partial charge in [0.15, 0.2) is 0 Å². The maximum absolute atomic E-state index is 15.8. The van der Waals surface area contributed by atoms with Crippen LogP contribution in [0.5, 0.6) is 0 Å². The molecule has 1 N–H and O–H groups in total. The molecule has 0 saturated carbocycles. The van der Waals surface area contributed by atoms with Gasteiger partial charge in [-0.2, -0.15) is 5.10 Å². The Morgan fingerprint density at radius 3 is 2.33 bits per heavy atom. The third-order valence-electron chi connectivity index (χ3n) is 7.40. The lowest BCUT2D eigenvalue weighted by Crippen LogP contribution is -2.43. The number of rotatable bonds is 6. The number of aromatic nitrogens is 2. The lowest BCUT2D eigenvalue weighted by atomic mass is 9.82. The van der Waals surface area contributed by atoms with Crippen LogP contribution in [0.15, 0.2) is 73.1 Å². The van der Waals surface area contributed by atoms with Crippen molar-refractivity contribution in [2.45, 2.75) is 45.2 Å². The van der Waals surface area contributed by atoms with E-state index in [2.05, 4.69) is 49.0 Å². The first kappa shape index (κ1) is 26.4. The number of fused-ring (bicyclic) bond motifs is 1. The highest BCUT2D eigenvalue weighted by molar-refractivity contribution is 5.85. The molecule has 1 unspecified atom stereocenters. The molecule has 0 spiro atoms. The molecular weight excluding hydrogens is 496 g/mol. The van der Waals surface area contributed by atoms with Crippen LogP contribution >= 0.6 is 0 Å². The molecule has 1 aliphatic rings. The van der Waals surface area contributed by atoms with Gasteiger partial charge in [-0.1, -0.05) is 44.2 Å². The number of nitrogens with zero attached hydrogens (tertiary/aromatic N) is 3. The van der Waals surface area contributed by atoms with Crippen LogP contribution in [0.25, 0.3) is 17.2 Å². The number of carbonyl (C=O) groups is 1. The summed E-state index contributed by atoms with van der Waals surface area (Å²) in [6, 6.07) is 15.8. The smallest absolute Gasteiger partial charge is 0.328 e. The largest absolute Gasteiger partial charge is 0.478 e. The molecule has 0 fully saturated rings. The highest BCUT2D eigenvalue weighted by Gasteiger charge is 2.37. The Hall–Kier alpha value is -4.26. The number of hydrogen-bond donors (Lipinski definition) is 1. The molecule has 2 atom stereocenters. The van der Waals surface area contributed by atoms with E-state index < -0.39 is 23.6 Å². The molecule has 200 valence electrons.